The average molecular weight is 310 g/mol. The molecule has 0 bridgehead atoms. The summed E-state index contributed by atoms with van der Waals surface area (Å²) in [5, 5.41) is 2.97. The van der Waals surface area contributed by atoms with Gasteiger partial charge in [0.05, 0.1) is 0 Å². The Morgan fingerprint density at radius 3 is 3.00 bits per heavy atom. The summed E-state index contributed by atoms with van der Waals surface area (Å²) in [6.07, 6.45) is 3.58. The van der Waals surface area contributed by atoms with Crippen LogP contribution in [0.25, 0.3) is 0 Å². The molecule has 1 rings (SSSR count). The lowest BCUT2D eigenvalue weighted by atomic mass is 10.1. The first-order valence-corrected chi connectivity index (χ1v) is 6.57. The van der Waals surface area contributed by atoms with E-state index in [1.165, 1.54) is 6.07 Å². The Bertz CT molecular complexity index is 336. The first-order chi connectivity index (χ1) is 7.63. The summed E-state index contributed by atoms with van der Waals surface area (Å²) in [7, 11) is 0. The summed E-state index contributed by atoms with van der Waals surface area (Å²) in [4.78, 5) is 3.96. The summed E-state index contributed by atoms with van der Waals surface area (Å²) in [5.74, 6) is 1.15. The molecule has 1 unspecified atom stereocenters. The number of alkyl halides is 1. The quantitative estimate of drug-likeness (QED) is 0.633. The number of hydrogen-bond acceptors (Lipinski definition) is 2. The Balaban J connectivity index is 2.32. The number of aromatic nitrogens is 1. The second-order valence-corrected chi connectivity index (χ2v) is 5.04. The van der Waals surface area contributed by atoms with Crippen molar-refractivity contribution >= 4 is 33.3 Å². The van der Waals surface area contributed by atoms with Crippen molar-refractivity contribution < 1.29 is 4.39 Å². The molecule has 2 nitrogen and oxygen atoms in total. The van der Waals surface area contributed by atoms with Crippen molar-refractivity contribution in [1.29, 1.82) is 0 Å². The van der Waals surface area contributed by atoms with E-state index in [1.807, 2.05) is 0 Å². The number of nitrogens with one attached hydrogen (secondary N) is 1. The maximum absolute atomic E-state index is 13.3. The third kappa shape index (κ3) is 4.66. The highest BCUT2D eigenvalue weighted by atomic mass is 79.9. The Labute approximate surface area is 109 Å². The van der Waals surface area contributed by atoms with E-state index in [1.54, 1.807) is 6.20 Å². The fourth-order valence-corrected chi connectivity index (χ4v) is 1.74. The van der Waals surface area contributed by atoms with Gasteiger partial charge in [0.2, 0.25) is 0 Å². The zero-order valence-corrected chi connectivity index (χ0v) is 11.5. The van der Waals surface area contributed by atoms with E-state index in [9.17, 15) is 4.39 Å². The van der Waals surface area contributed by atoms with E-state index < -0.39 is 0 Å². The predicted octanol–water partition coefficient (Wildman–Crippen LogP) is 4.05. The fraction of sp³-hybridized carbons (Fsp3) is 0.545. The van der Waals surface area contributed by atoms with Crippen LogP contribution in [0, 0.1) is 11.7 Å². The van der Waals surface area contributed by atoms with Crippen LogP contribution in [0.5, 0.6) is 0 Å². The molecule has 0 radical (unpaired) electrons. The topological polar surface area (TPSA) is 24.9 Å². The minimum atomic E-state index is -0.334. The summed E-state index contributed by atoms with van der Waals surface area (Å²) >= 11 is 8.85. The van der Waals surface area contributed by atoms with E-state index in [-0.39, 0.29) is 5.82 Å². The van der Waals surface area contributed by atoms with Gasteiger partial charge in [-0.05, 0) is 40.8 Å². The van der Waals surface area contributed by atoms with E-state index in [0.717, 1.165) is 12.8 Å². The van der Waals surface area contributed by atoms with Gasteiger partial charge in [0.1, 0.15) is 0 Å². The molecule has 1 heterocycles. The monoisotopic (exact) mass is 308 g/mol. The lowest BCUT2D eigenvalue weighted by Crippen LogP contribution is -2.07. The highest BCUT2D eigenvalue weighted by Gasteiger charge is 2.04. The van der Waals surface area contributed by atoms with Crippen LogP contribution in [0.1, 0.15) is 19.8 Å². The van der Waals surface area contributed by atoms with Crippen LogP contribution < -0.4 is 5.32 Å². The van der Waals surface area contributed by atoms with Gasteiger partial charge in [-0.1, -0.05) is 6.92 Å². The average Bonchev–Trinajstić information content (AvgIpc) is 2.26. The van der Waals surface area contributed by atoms with Crippen LogP contribution in [-0.4, -0.2) is 17.4 Å². The van der Waals surface area contributed by atoms with E-state index in [2.05, 4.69) is 33.2 Å². The second kappa shape index (κ2) is 7.07. The molecule has 0 aromatic carbocycles. The largest absolute Gasteiger partial charge is 0.368 e. The molecule has 1 aromatic rings. The molecule has 90 valence electrons. The highest BCUT2D eigenvalue weighted by molar-refractivity contribution is 9.10. The third-order valence-electron chi connectivity index (χ3n) is 2.24. The fourth-order valence-electron chi connectivity index (χ4n) is 1.28. The molecule has 16 heavy (non-hydrogen) atoms. The SMILES string of the molecule is CC(CCl)CCCNc1ncc(Br)cc1F. The zero-order chi connectivity index (χ0) is 12.0. The predicted molar refractivity (Wildman–Crippen MR) is 69.5 cm³/mol. The molecule has 0 saturated carbocycles. The van der Waals surface area contributed by atoms with Gasteiger partial charge in [0, 0.05) is 23.1 Å². The van der Waals surface area contributed by atoms with Crippen LogP contribution in [0.15, 0.2) is 16.7 Å². The van der Waals surface area contributed by atoms with Crippen molar-refractivity contribution in [3.8, 4) is 0 Å². The maximum Gasteiger partial charge on any atom is 0.166 e. The molecule has 0 saturated heterocycles. The normalized spacial score (nSPS) is 12.5. The van der Waals surface area contributed by atoms with E-state index in [0.29, 0.717) is 28.6 Å². The summed E-state index contributed by atoms with van der Waals surface area (Å²) in [6.45, 7) is 2.82. The van der Waals surface area contributed by atoms with E-state index in [4.69, 9.17) is 11.6 Å². The number of rotatable bonds is 6. The smallest absolute Gasteiger partial charge is 0.166 e. The standard InChI is InChI=1S/C11H15BrClFN2/c1-8(6-13)3-2-4-15-11-10(14)5-9(12)7-16-11/h5,7-8H,2-4,6H2,1H3,(H,15,16). The number of halogens is 3. The maximum atomic E-state index is 13.3. The van der Waals surface area contributed by atoms with Crippen LogP contribution in [0.4, 0.5) is 10.2 Å². The third-order valence-corrected chi connectivity index (χ3v) is 3.20. The number of anilines is 1. The highest BCUT2D eigenvalue weighted by Crippen LogP contribution is 2.16. The van der Waals surface area contributed by atoms with Crippen LogP contribution >= 0.6 is 27.5 Å². The number of hydrogen-bond donors (Lipinski definition) is 1. The lowest BCUT2D eigenvalue weighted by molar-refractivity contribution is 0.570. The first-order valence-electron chi connectivity index (χ1n) is 5.24. The molecular weight excluding hydrogens is 294 g/mol. The molecule has 0 spiro atoms. The molecule has 0 aliphatic heterocycles. The minimum Gasteiger partial charge on any atom is -0.368 e. The summed E-state index contributed by atoms with van der Waals surface area (Å²) in [5.41, 5.74) is 0. The first kappa shape index (κ1) is 13.7. The van der Waals surface area contributed by atoms with Crippen LogP contribution in [0.3, 0.4) is 0 Å². The Morgan fingerprint density at radius 2 is 2.38 bits per heavy atom. The van der Waals surface area contributed by atoms with Crippen molar-refractivity contribution in [1.82, 2.24) is 4.98 Å². The van der Waals surface area contributed by atoms with Gasteiger partial charge in [-0.2, -0.15) is 0 Å². The Kier molecular flexibility index (Phi) is 6.06. The molecule has 5 heteroatoms. The molecule has 0 aliphatic carbocycles. The number of nitrogens with zero attached hydrogens (tertiary/aromatic N) is 1. The molecule has 1 N–H and O–H groups in total. The van der Waals surface area contributed by atoms with Gasteiger partial charge >= 0.3 is 0 Å². The minimum absolute atomic E-state index is 0.307. The molecular formula is C11H15BrClFN2. The summed E-state index contributed by atoms with van der Waals surface area (Å²) < 4.78 is 14.0. The van der Waals surface area contributed by atoms with Crippen molar-refractivity contribution in [2.24, 2.45) is 5.92 Å². The van der Waals surface area contributed by atoms with Crippen LogP contribution in [0.2, 0.25) is 0 Å². The Hall–Kier alpha value is -0.350. The van der Waals surface area contributed by atoms with Crippen molar-refractivity contribution in [3.05, 3.63) is 22.6 Å². The van der Waals surface area contributed by atoms with Gasteiger partial charge in [-0.3, -0.25) is 0 Å². The Morgan fingerprint density at radius 1 is 1.62 bits per heavy atom. The zero-order valence-electron chi connectivity index (χ0n) is 9.14. The number of pyridine rings is 1. The molecule has 0 aliphatic rings. The van der Waals surface area contributed by atoms with Gasteiger partial charge in [0.15, 0.2) is 11.6 Å². The summed E-state index contributed by atoms with van der Waals surface area (Å²) in [6, 6.07) is 1.40. The molecule has 1 atom stereocenters. The molecule has 0 fully saturated rings. The van der Waals surface area contributed by atoms with Gasteiger partial charge in [-0.25, -0.2) is 9.37 Å². The van der Waals surface area contributed by atoms with Crippen molar-refractivity contribution in [3.63, 3.8) is 0 Å². The molecule has 0 amide bonds. The van der Waals surface area contributed by atoms with Crippen molar-refractivity contribution in [2.45, 2.75) is 19.8 Å². The van der Waals surface area contributed by atoms with Gasteiger partial charge in [0.25, 0.3) is 0 Å². The lowest BCUT2D eigenvalue weighted by Gasteiger charge is -2.09. The van der Waals surface area contributed by atoms with E-state index >= 15 is 0 Å². The van der Waals surface area contributed by atoms with Crippen molar-refractivity contribution in [2.75, 3.05) is 17.7 Å². The molecule has 1 aromatic heterocycles. The van der Waals surface area contributed by atoms with Gasteiger partial charge < -0.3 is 5.32 Å². The van der Waals surface area contributed by atoms with Gasteiger partial charge in [-0.15, -0.1) is 11.6 Å². The van der Waals surface area contributed by atoms with Crippen LogP contribution in [-0.2, 0) is 0 Å². The second-order valence-electron chi connectivity index (χ2n) is 3.81.